The van der Waals surface area contributed by atoms with Crippen molar-refractivity contribution in [1.82, 2.24) is 0 Å². The van der Waals surface area contributed by atoms with Crippen LogP contribution in [-0.4, -0.2) is 48.8 Å². The summed E-state index contributed by atoms with van der Waals surface area (Å²) in [5.41, 5.74) is 6.47. The topological polar surface area (TPSA) is 97.3 Å². The van der Waals surface area contributed by atoms with Gasteiger partial charge in [-0.2, -0.15) is 0 Å². The van der Waals surface area contributed by atoms with Crippen LogP contribution in [0.15, 0.2) is 78.6 Å². The highest BCUT2D eigenvalue weighted by Crippen LogP contribution is 2.43. The normalized spacial score (nSPS) is 18.1. The van der Waals surface area contributed by atoms with Gasteiger partial charge in [0.1, 0.15) is 5.75 Å². The van der Waals surface area contributed by atoms with E-state index in [1.54, 1.807) is 18.2 Å². The average molecular weight is 488 g/mol. The number of allylic oxidation sites excluding steroid dienone is 1. The monoisotopic (exact) mass is 487 g/mol. The molecule has 1 amide bonds. The van der Waals surface area contributed by atoms with Crippen LogP contribution >= 0.6 is 0 Å². The number of carbonyl (C=O) groups is 1. The highest BCUT2D eigenvalue weighted by molar-refractivity contribution is 6.03. The Morgan fingerprint density at radius 3 is 2.64 bits per heavy atom. The SMILES string of the molecule is O=C(Nc1ccccc1O)C1=C[C@@H](c2cccc3c2Cc2ccccc2-3)C[C@@H](OCCOCCO)O1. The Morgan fingerprint density at radius 2 is 1.78 bits per heavy atom. The molecule has 1 aliphatic heterocycles. The number of para-hydroxylation sites is 2. The van der Waals surface area contributed by atoms with E-state index in [1.165, 1.54) is 28.3 Å². The second kappa shape index (κ2) is 11.0. The molecule has 0 spiro atoms. The van der Waals surface area contributed by atoms with Crippen LogP contribution in [0.1, 0.15) is 29.0 Å². The van der Waals surface area contributed by atoms with Gasteiger partial charge in [-0.1, -0.05) is 54.6 Å². The number of aliphatic hydroxyl groups excluding tert-OH is 1. The minimum absolute atomic E-state index is 0.0220. The van der Waals surface area contributed by atoms with Crippen molar-refractivity contribution in [3.8, 4) is 16.9 Å². The summed E-state index contributed by atoms with van der Waals surface area (Å²) in [6, 6.07) is 21.3. The lowest BCUT2D eigenvalue weighted by molar-refractivity contribution is -0.148. The molecule has 5 rings (SSSR count). The minimum atomic E-state index is -0.650. The van der Waals surface area contributed by atoms with Gasteiger partial charge in [0.05, 0.1) is 32.1 Å². The number of anilines is 1. The van der Waals surface area contributed by atoms with Gasteiger partial charge in [0.25, 0.3) is 5.91 Å². The van der Waals surface area contributed by atoms with Crippen LogP contribution in [0.4, 0.5) is 5.69 Å². The second-order valence-corrected chi connectivity index (χ2v) is 8.81. The smallest absolute Gasteiger partial charge is 0.290 e. The fourth-order valence-electron chi connectivity index (χ4n) is 4.83. The van der Waals surface area contributed by atoms with Crippen molar-refractivity contribution in [2.24, 2.45) is 0 Å². The third-order valence-corrected chi connectivity index (χ3v) is 6.49. The molecule has 186 valence electrons. The van der Waals surface area contributed by atoms with Gasteiger partial charge >= 0.3 is 0 Å². The van der Waals surface area contributed by atoms with Gasteiger partial charge in [-0.15, -0.1) is 0 Å². The van der Waals surface area contributed by atoms with Gasteiger partial charge in [0.15, 0.2) is 5.76 Å². The number of benzene rings is 3. The summed E-state index contributed by atoms with van der Waals surface area (Å²) < 4.78 is 17.2. The fraction of sp³-hybridized carbons (Fsp3) is 0.276. The number of phenols is 1. The molecular formula is C29H29NO6. The molecule has 7 nitrogen and oxygen atoms in total. The van der Waals surface area contributed by atoms with Crippen molar-refractivity contribution >= 4 is 11.6 Å². The predicted molar refractivity (Wildman–Crippen MR) is 136 cm³/mol. The minimum Gasteiger partial charge on any atom is -0.506 e. The van der Waals surface area contributed by atoms with Gasteiger partial charge in [-0.25, -0.2) is 0 Å². The summed E-state index contributed by atoms with van der Waals surface area (Å²) >= 11 is 0. The molecule has 1 heterocycles. The maximum absolute atomic E-state index is 13.1. The van der Waals surface area contributed by atoms with Gasteiger partial charge in [-0.05, 0) is 52.4 Å². The van der Waals surface area contributed by atoms with Crippen LogP contribution in [0, 0.1) is 0 Å². The average Bonchev–Trinajstić information content (AvgIpc) is 3.28. The number of hydrogen-bond donors (Lipinski definition) is 3. The lowest BCUT2D eigenvalue weighted by atomic mass is 9.87. The Morgan fingerprint density at radius 1 is 0.972 bits per heavy atom. The summed E-state index contributed by atoms with van der Waals surface area (Å²) in [5, 5.41) is 21.7. The molecular weight excluding hydrogens is 458 g/mol. The Kier molecular flexibility index (Phi) is 7.32. The number of nitrogens with one attached hydrogen (secondary N) is 1. The van der Waals surface area contributed by atoms with E-state index in [0.29, 0.717) is 18.7 Å². The number of fused-ring (bicyclic) bond motifs is 3. The number of phenolic OH excluding ortho intramolecular Hbond substituents is 1. The van der Waals surface area contributed by atoms with Crippen LogP contribution in [0.3, 0.4) is 0 Å². The van der Waals surface area contributed by atoms with E-state index in [-0.39, 0.29) is 37.2 Å². The maximum Gasteiger partial charge on any atom is 0.290 e. The zero-order valence-electron chi connectivity index (χ0n) is 19.9. The summed E-state index contributed by atoms with van der Waals surface area (Å²) in [4.78, 5) is 13.1. The van der Waals surface area contributed by atoms with Crippen LogP contribution in [0.5, 0.6) is 5.75 Å². The molecule has 7 heteroatoms. The van der Waals surface area contributed by atoms with Gasteiger partial charge in [0.2, 0.25) is 6.29 Å². The van der Waals surface area contributed by atoms with Crippen molar-refractivity contribution in [2.75, 3.05) is 31.7 Å². The summed E-state index contributed by atoms with van der Waals surface area (Å²) in [6.07, 6.45) is 2.57. The van der Waals surface area contributed by atoms with Crippen LogP contribution in [-0.2, 0) is 25.4 Å². The molecule has 0 saturated carbocycles. The lowest BCUT2D eigenvalue weighted by Crippen LogP contribution is -2.30. The second-order valence-electron chi connectivity index (χ2n) is 8.81. The zero-order chi connectivity index (χ0) is 24.9. The summed E-state index contributed by atoms with van der Waals surface area (Å²) in [6.45, 7) is 0.763. The first-order valence-electron chi connectivity index (χ1n) is 12.1. The third kappa shape index (κ3) is 5.14. The Balaban J connectivity index is 1.41. The number of carbonyl (C=O) groups excluding carboxylic acids is 1. The van der Waals surface area contributed by atoms with Gasteiger partial charge < -0.3 is 29.7 Å². The number of aromatic hydroxyl groups is 1. The Bertz CT molecular complexity index is 1270. The third-order valence-electron chi connectivity index (χ3n) is 6.49. The van der Waals surface area contributed by atoms with E-state index in [4.69, 9.17) is 19.3 Å². The number of ether oxygens (including phenoxy) is 3. The highest BCUT2D eigenvalue weighted by Gasteiger charge is 2.32. The number of aliphatic hydroxyl groups is 1. The number of rotatable bonds is 9. The zero-order valence-corrected chi connectivity index (χ0v) is 19.9. The van der Waals surface area contributed by atoms with E-state index >= 15 is 0 Å². The molecule has 0 fully saturated rings. The molecule has 36 heavy (non-hydrogen) atoms. The molecule has 2 aliphatic rings. The van der Waals surface area contributed by atoms with Crippen molar-refractivity contribution in [2.45, 2.75) is 25.0 Å². The number of hydrogen-bond acceptors (Lipinski definition) is 6. The summed E-state index contributed by atoms with van der Waals surface area (Å²) in [5.74, 6) is -0.436. The lowest BCUT2D eigenvalue weighted by Gasteiger charge is -2.30. The van der Waals surface area contributed by atoms with E-state index in [0.717, 1.165) is 12.0 Å². The maximum atomic E-state index is 13.1. The largest absolute Gasteiger partial charge is 0.506 e. The van der Waals surface area contributed by atoms with Crippen LogP contribution in [0.2, 0.25) is 0 Å². The van der Waals surface area contributed by atoms with Crippen LogP contribution < -0.4 is 5.32 Å². The molecule has 0 unspecified atom stereocenters. The van der Waals surface area contributed by atoms with E-state index < -0.39 is 12.2 Å². The van der Waals surface area contributed by atoms with E-state index in [2.05, 4.69) is 47.8 Å². The van der Waals surface area contributed by atoms with Crippen molar-refractivity contribution in [3.63, 3.8) is 0 Å². The summed E-state index contributed by atoms with van der Waals surface area (Å²) in [7, 11) is 0. The van der Waals surface area contributed by atoms with Crippen molar-refractivity contribution in [1.29, 1.82) is 0 Å². The standard InChI is InChI=1S/C29H29NO6/c31-12-13-34-14-15-35-28-18-20(17-27(36-28)29(33)30-25-10-3-4-11-26(25)32)22-8-5-9-23-21-7-2-1-6-19(21)16-24(22)23/h1-11,17,20,28,31-32H,12-16,18H2,(H,30,33)/t20-,28+/m1/s1. The quantitative estimate of drug-likeness (QED) is 0.240. The molecule has 1 aliphatic carbocycles. The Labute approximate surface area is 209 Å². The van der Waals surface area contributed by atoms with Crippen LogP contribution in [0.25, 0.3) is 11.1 Å². The molecule has 2 atom stereocenters. The fourth-order valence-corrected chi connectivity index (χ4v) is 4.83. The highest BCUT2D eigenvalue weighted by atomic mass is 16.7. The predicted octanol–water partition coefficient (Wildman–Crippen LogP) is 4.34. The molecule has 0 saturated heterocycles. The molecule has 3 aromatic carbocycles. The molecule has 0 radical (unpaired) electrons. The number of amides is 1. The first-order valence-corrected chi connectivity index (χ1v) is 12.1. The van der Waals surface area contributed by atoms with Gasteiger partial charge in [-0.3, -0.25) is 4.79 Å². The molecule has 0 bridgehead atoms. The van der Waals surface area contributed by atoms with Crippen molar-refractivity contribution < 1.29 is 29.2 Å². The Hall–Kier alpha value is -3.65. The van der Waals surface area contributed by atoms with Gasteiger partial charge in [0, 0.05) is 12.3 Å². The molecule has 3 aromatic rings. The van der Waals surface area contributed by atoms with Crippen molar-refractivity contribution in [3.05, 3.63) is 95.3 Å². The van der Waals surface area contributed by atoms with E-state index in [1.807, 2.05) is 6.08 Å². The van der Waals surface area contributed by atoms with E-state index in [9.17, 15) is 9.90 Å². The molecule has 3 N–H and O–H groups in total. The first-order chi connectivity index (χ1) is 17.6. The first kappa shape index (κ1) is 24.1. The molecule has 0 aromatic heterocycles.